The maximum atomic E-state index is 11.9. The average Bonchev–Trinajstić information content (AvgIpc) is 2.88. The Morgan fingerprint density at radius 3 is 2.92 bits per heavy atom. The Bertz CT molecular complexity index is 941. The first-order valence-corrected chi connectivity index (χ1v) is 9.64. The van der Waals surface area contributed by atoms with Gasteiger partial charge in [-0.15, -0.1) is 0 Å². The van der Waals surface area contributed by atoms with Crippen LogP contribution in [0.1, 0.15) is 17.5 Å². The van der Waals surface area contributed by atoms with E-state index in [1.54, 1.807) is 0 Å². The molecule has 0 bridgehead atoms. The van der Waals surface area contributed by atoms with E-state index in [1.165, 1.54) is 6.21 Å². The van der Waals surface area contributed by atoms with Crippen LogP contribution in [0.4, 0.5) is 0 Å². The summed E-state index contributed by atoms with van der Waals surface area (Å²) in [7, 11) is -3.10. The Labute approximate surface area is 144 Å². The minimum absolute atomic E-state index is 0.0502. The van der Waals surface area contributed by atoms with E-state index in [0.29, 0.717) is 12.0 Å². The van der Waals surface area contributed by atoms with E-state index in [2.05, 4.69) is 15.5 Å². The normalized spacial score (nSPS) is 19.8. The van der Waals surface area contributed by atoms with Crippen molar-refractivity contribution in [2.45, 2.75) is 13.3 Å². The van der Waals surface area contributed by atoms with E-state index >= 15 is 0 Å². The van der Waals surface area contributed by atoms with Crippen LogP contribution in [0.3, 0.4) is 0 Å². The van der Waals surface area contributed by atoms with Gasteiger partial charge in [-0.05, 0) is 31.0 Å². The van der Waals surface area contributed by atoms with E-state index in [1.807, 2.05) is 31.2 Å². The van der Waals surface area contributed by atoms with Gasteiger partial charge in [0.2, 0.25) is 5.91 Å². The van der Waals surface area contributed by atoms with Crippen molar-refractivity contribution < 1.29 is 13.2 Å². The summed E-state index contributed by atoms with van der Waals surface area (Å²) in [5, 5.41) is 5.08. The highest BCUT2D eigenvalue weighted by atomic mass is 35.5. The highest BCUT2D eigenvalue weighted by Gasteiger charge is 2.32. The molecule has 1 fully saturated rings. The SMILES string of the molecule is Cc1ccc2cc(/C=N\NC(=O)[C@H]3CCS(=O)(=O)C3)c(Cl)nc2c1. The molecule has 1 atom stereocenters. The molecule has 0 aliphatic carbocycles. The Morgan fingerprint density at radius 1 is 1.42 bits per heavy atom. The molecular formula is C16H16ClN3O3S. The van der Waals surface area contributed by atoms with E-state index in [9.17, 15) is 13.2 Å². The highest BCUT2D eigenvalue weighted by Crippen LogP contribution is 2.21. The molecule has 0 saturated carbocycles. The number of fused-ring (bicyclic) bond motifs is 1. The number of nitrogens with one attached hydrogen (secondary N) is 1. The van der Waals surface area contributed by atoms with Crippen LogP contribution in [-0.2, 0) is 14.6 Å². The van der Waals surface area contributed by atoms with Gasteiger partial charge in [-0.3, -0.25) is 4.79 Å². The van der Waals surface area contributed by atoms with E-state index in [4.69, 9.17) is 11.6 Å². The Morgan fingerprint density at radius 2 is 2.21 bits per heavy atom. The fourth-order valence-electron chi connectivity index (χ4n) is 2.62. The Hall–Kier alpha value is -1.99. The van der Waals surface area contributed by atoms with Crippen molar-refractivity contribution in [1.29, 1.82) is 0 Å². The summed E-state index contributed by atoms with van der Waals surface area (Å²) < 4.78 is 22.8. The molecule has 126 valence electrons. The Balaban J connectivity index is 1.72. The van der Waals surface area contributed by atoms with Gasteiger partial charge in [0, 0.05) is 10.9 Å². The number of aryl methyl sites for hydroxylation is 1. The summed E-state index contributed by atoms with van der Waals surface area (Å²) in [5.74, 6) is -1.01. The van der Waals surface area contributed by atoms with Gasteiger partial charge >= 0.3 is 0 Å². The van der Waals surface area contributed by atoms with Gasteiger partial charge in [-0.1, -0.05) is 23.7 Å². The van der Waals surface area contributed by atoms with Crippen LogP contribution in [0.15, 0.2) is 29.4 Å². The first-order valence-electron chi connectivity index (χ1n) is 7.44. The fraction of sp³-hybridized carbons (Fsp3) is 0.312. The number of hydrogen-bond donors (Lipinski definition) is 1. The lowest BCUT2D eigenvalue weighted by Gasteiger charge is -2.05. The minimum Gasteiger partial charge on any atom is -0.273 e. The number of carbonyl (C=O) groups excluding carboxylic acids is 1. The van der Waals surface area contributed by atoms with Crippen molar-refractivity contribution in [1.82, 2.24) is 10.4 Å². The second-order valence-corrected chi connectivity index (χ2v) is 8.49. The van der Waals surface area contributed by atoms with Crippen molar-refractivity contribution in [2.75, 3.05) is 11.5 Å². The molecule has 0 radical (unpaired) electrons. The summed E-state index contributed by atoms with van der Waals surface area (Å²) in [6.45, 7) is 1.98. The molecule has 1 amide bonds. The number of sulfone groups is 1. The molecule has 8 heteroatoms. The highest BCUT2D eigenvalue weighted by molar-refractivity contribution is 7.91. The van der Waals surface area contributed by atoms with Gasteiger partial charge in [0.25, 0.3) is 0 Å². The first kappa shape index (κ1) is 16.9. The molecular weight excluding hydrogens is 350 g/mol. The predicted octanol–water partition coefficient (Wildman–Crippen LogP) is 2.08. The molecule has 1 aromatic heterocycles. The van der Waals surface area contributed by atoms with Gasteiger partial charge in [-0.25, -0.2) is 18.8 Å². The first-order chi connectivity index (χ1) is 11.3. The molecule has 1 aliphatic rings. The van der Waals surface area contributed by atoms with Crippen molar-refractivity contribution in [3.05, 3.63) is 40.5 Å². The number of benzene rings is 1. The number of amides is 1. The minimum atomic E-state index is -3.10. The lowest BCUT2D eigenvalue weighted by atomic mass is 10.1. The zero-order valence-electron chi connectivity index (χ0n) is 13.0. The maximum absolute atomic E-state index is 11.9. The lowest BCUT2D eigenvalue weighted by molar-refractivity contribution is -0.124. The predicted molar refractivity (Wildman–Crippen MR) is 94.0 cm³/mol. The number of halogens is 1. The molecule has 6 nitrogen and oxygen atoms in total. The van der Waals surface area contributed by atoms with Gasteiger partial charge in [0.15, 0.2) is 9.84 Å². The summed E-state index contributed by atoms with van der Waals surface area (Å²) in [5.41, 5.74) is 4.83. The number of hydrogen-bond acceptors (Lipinski definition) is 5. The van der Waals surface area contributed by atoms with Crippen molar-refractivity contribution in [3.63, 3.8) is 0 Å². The van der Waals surface area contributed by atoms with Crippen LogP contribution in [-0.4, -0.2) is 37.0 Å². The van der Waals surface area contributed by atoms with Crippen molar-refractivity contribution >= 4 is 44.5 Å². The van der Waals surface area contributed by atoms with Crippen LogP contribution >= 0.6 is 11.6 Å². The van der Waals surface area contributed by atoms with Gasteiger partial charge in [0.05, 0.1) is 29.2 Å². The monoisotopic (exact) mass is 365 g/mol. The van der Waals surface area contributed by atoms with Crippen LogP contribution in [0, 0.1) is 12.8 Å². The molecule has 2 heterocycles. The third kappa shape index (κ3) is 3.73. The molecule has 0 unspecified atom stereocenters. The van der Waals surface area contributed by atoms with Crippen molar-refractivity contribution in [2.24, 2.45) is 11.0 Å². The van der Waals surface area contributed by atoms with Gasteiger partial charge in [0.1, 0.15) is 5.15 Å². The number of hydrazone groups is 1. The van der Waals surface area contributed by atoms with Crippen molar-refractivity contribution in [3.8, 4) is 0 Å². The smallest absolute Gasteiger partial charge is 0.244 e. The zero-order chi connectivity index (χ0) is 17.3. The molecule has 3 rings (SSSR count). The fourth-order valence-corrected chi connectivity index (χ4v) is 4.55. The number of nitrogens with zero attached hydrogens (tertiary/aromatic N) is 2. The molecule has 1 saturated heterocycles. The van der Waals surface area contributed by atoms with E-state index in [0.717, 1.165) is 16.5 Å². The van der Waals surface area contributed by atoms with Crippen LogP contribution in [0.5, 0.6) is 0 Å². The Kier molecular flexibility index (Phi) is 4.56. The second kappa shape index (κ2) is 6.49. The van der Waals surface area contributed by atoms with Crippen LogP contribution in [0.2, 0.25) is 5.15 Å². The topological polar surface area (TPSA) is 88.5 Å². The molecule has 1 aromatic carbocycles. The number of aromatic nitrogens is 1. The largest absolute Gasteiger partial charge is 0.273 e. The third-order valence-electron chi connectivity index (χ3n) is 3.94. The maximum Gasteiger partial charge on any atom is 0.244 e. The third-order valence-corrected chi connectivity index (χ3v) is 6.01. The van der Waals surface area contributed by atoms with E-state index in [-0.39, 0.29) is 16.7 Å². The summed E-state index contributed by atoms with van der Waals surface area (Å²) in [6, 6.07) is 7.68. The number of pyridine rings is 1. The quantitative estimate of drug-likeness (QED) is 0.512. The molecule has 24 heavy (non-hydrogen) atoms. The average molecular weight is 366 g/mol. The zero-order valence-corrected chi connectivity index (χ0v) is 14.6. The van der Waals surface area contributed by atoms with Crippen LogP contribution < -0.4 is 5.43 Å². The summed E-state index contributed by atoms with van der Waals surface area (Å²) >= 11 is 6.14. The molecule has 1 N–H and O–H groups in total. The summed E-state index contributed by atoms with van der Waals surface area (Å²) in [6.07, 6.45) is 1.75. The van der Waals surface area contributed by atoms with Crippen LogP contribution in [0.25, 0.3) is 10.9 Å². The standard InChI is InChI=1S/C16H16ClN3O3S/c1-10-2-3-11-7-13(15(17)19-14(11)6-10)8-18-20-16(21)12-4-5-24(22,23)9-12/h2-3,6-8,12H,4-5,9H2,1H3,(H,20,21)/b18-8-/t12-/m0/s1. The van der Waals surface area contributed by atoms with E-state index < -0.39 is 21.7 Å². The number of carbonyl (C=O) groups is 1. The number of rotatable bonds is 3. The molecule has 2 aromatic rings. The van der Waals surface area contributed by atoms with Gasteiger partial charge < -0.3 is 0 Å². The second-order valence-electron chi connectivity index (χ2n) is 5.90. The summed E-state index contributed by atoms with van der Waals surface area (Å²) in [4.78, 5) is 16.2. The lowest BCUT2D eigenvalue weighted by Crippen LogP contribution is -2.27. The molecule has 1 aliphatic heterocycles. The van der Waals surface area contributed by atoms with Gasteiger partial charge in [-0.2, -0.15) is 5.10 Å². The molecule has 0 spiro atoms.